The van der Waals surface area contributed by atoms with Gasteiger partial charge in [0, 0.05) is 0 Å². The van der Waals surface area contributed by atoms with Crippen LogP contribution in [0.4, 0.5) is 0 Å². The molecule has 0 aliphatic heterocycles. The summed E-state index contributed by atoms with van der Waals surface area (Å²) < 4.78 is 0. The summed E-state index contributed by atoms with van der Waals surface area (Å²) in [5, 5.41) is 1.28. The van der Waals surface area contributed by atoms with Crippen LogP contribution in [-0.2, 0) is 23.3 Å². The van der Waals surface area contributed by atoms with Crippen LogP contribution in [-0.4, -0.2) is 0 Å². The Balaban J connectivity index is 0.00000121. The van der Waals surface area contributed by atoms with E-state index >= 15 is 0 Å². The van der Waals surface area contributed by atoms with Gasteiger partial charge in [-0.05, 0) is 0 Å². The van der Waals surface area contributed by atoms with E-state index in [-0.39, 0.29) is 12.4 Å². The molecule has 0 atom stereocenters. The van der Waals surface area contributed by atoms with Crippen molar-refractivity contribution in [2.75, 3.05) is 0 Å². The van der Waals surface area contributed by atoms with Crippen LogP contribution in [0.3, 0.4) is 0 Å². The van der Waals surface area contributed by atoms with E-state index in [0.717, 1.165) is 0 Å². The van der Waals surface area contributed by atoms with Crippen molar-refractivity contribution in [2.45, 2.75) is 25.8 Å². The normalized spacial score (nSPS) is 9.42. The Bertz CT molecular complexity index is 246. The average molecular weight is 234 g/mol. The van der Waals surface area contributed by atoms with E-state index in [1.165, 1.54) is 40.0 Å². The molecule has 0 amide bonds. The van der Waals surface area contributed by atoms with Gasteiger partial charge in [0.15, 0.2) is 0 Å². The van der Waals surface area contributed by atoms with Crippen molar-refractivity contribution < 1.29 is 30.7 Å². The maximum Gasteiger partial charge on any atom is -1.00 e. The Morgan fingerprint density at radius 1 is 1.08 bits per heavy atom. The van der Waals surface area contributed by atoms with Crippen LogP contribution in [0.1, 0.15) is 22.3 Å². The first-order valence-corrected chi connectivity index (χ1v) is 6.11. The Hall–Kier alpha value is 0.133. The molecule has 1 aromatic rings. The molecule has 0 N–H and O–H groups in total. The van der Waals surface area contributed by atoms with Crippen molar-refractivity contribution in [1.29, 1.82) is 0 Å². The fraction of sp³-hybridized carbons (Fsp3) is 0.400. The summed E-state index contributed by atoms with van der Waals surface area (Å²) in [4.78, 5) is 0. The molecule has 2 heteroatoms. The van der Waals surface area contributed by atoms with E-state index in [1.807, 2.05) is 0 Å². The van der Waals surface area contributed by atoms with Crippen molar-refractivity contribution in [2.24, 2.45) is 0 Å². The van der Waals surface area contributed by atoms with Crippen LogP contribution in [0.2, 0.25) is 0 Å². The standard InChI is InChI=1S/C10H13.ClH.Zn/c1-7-5-8(2)10(4)9(3)6-7;;/h5-6H,4H2,1-3H3;1H;/q;;+1/p-1. The zero-order chi connectivity index (χ0) is 8.43. The second-order valence-electron chi connectivity index (χ2n) is 3.13. The molecule has 0 aliphatic carbocycles. The average Bonchev–Trinajstić information content (AvgIpc) is 1.85. The van der Waals surface area contributed by atoms with Gasteiger partial charge in [-0.3, -0.25) is 0 Å². The molecule has 0 aromatic heterocycles. The monoisotopic (exact) mass is 232 g/mol. The van der Waals surface area contributed by atoms with E-state index < -0.39 is 0 Å². The first-order valence-electron chi connectivity index (χ1n) is 4.01. The van der Waals surface area contributed by atoms with Crippen molar-refractivity contribution in [3.8, 4) is 0 Å². The zero-order valence-corrected chi connectivity index (χ0v) is 11.7. The van der Waals surface area contributed by atoms with E-state index in [4.69, 9.17) is 0 Å². The molecule has 12 heavy (non-hydrogen) atoms. The molecule has 0 bridgehead atoms. The molecular weight excluding hydrogens is 221 g/mol. The van der Waals surface area contributed by atoms with Gasteiger partial charge < -0.3 is 12.4 Å². The van der Waals surface area contributed by atoms with Gasteiger partial charge in [0.1, 0.15) is 0 Å². The van der Waals surface area contributed by atoms with E-state index in [2.05, 4.69) is 32.9 Å². The van der Waals surface area contributed by atoms with Gasteiger partial charge >= 0.3 is 78.5 Å². The van der Waals surface area contributed by atoms with Gasteiger partial charge in [0.05, 0.1) is 0 Å². The summed E-state index contributed by atoms with van der Waals surface area (Å²) in [6.45, 7) is 6.59. The van der Waals surface area contributed by atoms with Gasteiger partial charge in [-0.15, -0.1) is 0 Å². The third-order valence-corrected chi connectivity index (χ3v) is 3.14. The predicted octanol–water partition coefficient (Wildman–Crippen LogP) is -0.337. The van der Waals surface area contributed by atoms with Gasteiger partial charge in [-0.2, -0.15) is 0 Å². The Labute approximate surface area is 90.8 Å². The van der Waals surface area contributed by atoms with Crippen LogP contribution in [0, 0.1) is 20.8 Å². The molecule has 0 fully saturated rings. The summed E-state index contributed by atoms with van der Waals surface area (Å²) in [5.41, 5.74) is 5.88. The number of halogens is 1. The minimum absolute atomic E-state index is 0. The first-order chi connectivity index (χ1) is 5.15. The number of aryl methyl sites for hydroxylation is 3. The van der Waals surface area contributed by atoms with Crippen LogP contribution in [0.5, 0.6) is 0 Å². The molecule has 0 saturated heterocycles. The molecular formula is C10H13ClZn. The summed E-state index contributed by atoms with van der Waals surface area (Å²) in [7, 11) is 0. The molecule has 0 heterocycles. The Morgan fingerprint density at radius 2 is 1.50 bits per heavy atom. The topological polar surface area (TPSA) is 0 Å². The van der Waals surface area contributed by atoms with Crippen molar-refractivity contribution in [1.82, 2.24) is 0 Å². The minimum Gasteiger partial charge on any atom is -1.00 e. The number of rotatable bonds is 1. The van der Waals surface area contributed by atoms with Crippen LogP contribution in [0.25, 0.3) is 0 Å². The van der Waals surface area contributed by atoms with Gasteiger partial charge in [0.2, 0.25) is 0 Å². The fourth-order valence-electron chi connectivity index (χ4n) is 1.60. The molecule has 62 valence electrons. The number of hydrogen-bond acceptors (Lipinski definition) is 0. The SMILES string of the molecule is Cc1cc(C)c([CH2][Zn+])c(C)c1.[Cl-]. The van der Waals surface area contributed by atoms with Crippen LogP contribution in [0.15, 0.2) is 12.1 Å². The second-order valence-corrected chi connectivity index (χ2v) is 4.18. The predicted molar refractivity (Wildman–Crippen MR) is 44.4 cm³/mol. The van der Waals surface area contributed by atoms with E-state index in [0.29, 0.717) is 0 Å². The summed E-state index contributed by atoms with van der Waals surface area (Å²) in [5.74, 6) is 0. The van der Waals surface area contributed by atoms with E-state index in [1.54, 1.807) is 5.56 Å². The molecule has 0 unspecified atom stereocenters. The minimum atomic E-state index is 0. The fourth-order valence-corrected chi connectivity index (χ4v) is 3.26. The maximum absolute atomic E-state index is 2.28. The molecule has 1 rings (SSSR count). The van der Waals surface area contributed by atoms with Crippen LogP contribution < -0.4 is 12.4 Å². The third-order valence-electron chi connectivity index (χ3n) is 2.09. The quantitative estimate of drug-likeness (QED) is 0.583. The van der Waals surface area contributed by atoms with Crippen molar-refractivity contribution in [3.63, 3.8) is 0 Å². The van der Waals surface area contributed by atoms with Crippen molar-refractivity contribution in [3.05, 3.63) is 34.4 Å². The molecule has 0 aliphatic rings. The smallest absolute Gasteiger partial charge is 1.00 e. The molecule has 0 saturated carbocycles. The van der Waals surface area contributed by atoms with Gasteiger partial charge in [-0.25, -0.2) is 0 Å². The summed E-state index contributed by atoms with van der Waals surface area (Å²) in [6, 6.07) is 4.55. The van der Waals surface area contributed by atoms with Gasteiger partial charge in [0.25, 0.3) is 0 Å². The maximum atomic E-state index is 2.28. The largest absolute Gasteiger partial charge is 1.00 e. The number of benzene rings is 1. The molecule has 0 nitrogen and oxygen atoms in total. The molecule has 1 aromatic carbocycles. The summed E-state index contributed by atoms with van der Waals surface area (Å²) in [6.07, 6.45) is 0. The first kappa shape index (κ1) is 12.1. The Morgan fingerprint density at radius 3 is 1.83 bits per heavy atom. The zero-order valence-electron chi connectivity index (χ0n) is 7.95. The molecule has 0 spiro atoms. The summed E-state index contributed by atoms with van der Waals surface area (Å²) >= 11 is 1.37. The van der Waals surface area contributed by atoms with Crippen molar-refractivity contribution >= 4 is 0 Å². The third kappa shape index (κ3) is 2.57. The second kappa shape index (κ2) is 4.99. The number of hydrogen-bond donors (Lipinski definition) is 0. The van der Waals surface area contributed by atoms with Crippen LogP contribution >= 0.6 is 0 Å². The van der Waals surface area contributed by atoms with Gasteiger partial charge in [-0.1, -0.05) is 0 Å². The van der Waals surface area contributed by atoms with E-state index in [9.17, 15) is 0 Å². The molecule has 0 radical (unpaired) electrons. The Kier molecular flexibility index (Phi) is 5.05.